The molecule has 2 rings (SSSR count). The van der Waals surface area contributed by atoms with Crippen LogP contribution < -0.4 is 10.5 Å². The maximum atomic E-state index is 13.0. The Hall–Kier alpha value is -1.97. The van der Waals surface area contributed by atoms with Crippen LogP contribution in [0.2, 0.25) is 0 Å². The number of sulfonamides is 1. The van der Waals surface area contributed by atoms with E-state index in [1.807, 2.05) is 30.3 Å². The third-order valence-electron chi connectivity index (χ3n) is 4.36. The molecule has 0 radical (unpaired) electrons. The molecule has 0 aromatic heterocycles. The van der Waals surface area contributed by atoms with Gasteiger partial charge in [0.2, 0.25) is 10.0 Å². The van der Waals surface area contributed by atoms with Crippen molar-refractivity contribution in [1.29, 1.82) is 0 Å². The number of benzene rings is 2. The maximum absolute atomic E-state index is 13.0. The number of nitrogens with two attached hydrogens (primary N) is 1. The Bertz CT molecular complexity index is 825. The summed E-state index contributed by atoms with van der Waals surface area (Å²) in [5, 5.41) is 20.3. The predicted octanol–water partition coefficient (Wildman–Crippen LogP) is 0.998. The molecule has 28 heavy (non-hydrogen) atoms. The highest BCUT2D eigenvalue weighted by Crippen LogP contribution is 2.20. The summed E-state index contributed by atoms with van der Waals surface area (Å²) in [4.78, 5) is 0.0535. The molecule has 154 valence electrons. The van der Waals surface area contributed by atoms with E-state index in [0.717, 1.165) is 9.87 Å². The van der Waals surface area contributed by atoms with Crippen LogP contribution in [0.1, 0.15) is 12.5 Å². The van der Waals surface area contributed by atoms with Crippen LogP contribution in [0.15, 0.2) is 59.5 Å². The third kappa shape index (κ3) is 6.02. The molecule has 2 aromatic carbocycles. The third-order valence-corrected chi connectivity index (χ3v) is 6.21. The van der Waals surface area contributed by atoms with E-state index >= 15 is 0 Å². The first-order valence-electron chi connectivity index (χ1n) is 9.04. The van der Waals surface area contributed by atoms with E-state index in [4.69, 9.17) is 10.5 Å². The van der Waals surface area contributed by atoms with Gasteiger partial charge in [0.25, 0.3) is 0 Å². The van der Waals surface area contributed by atoms with Crippen molar-refractivity contribution >= 4 is 10.0 Å². The van der Waals surface area contributed by atoms with Crippen molar-refractivity contribution in [3.05, 3.63) is 60.2 Å². The zero-order valence-electron chi connectivity index (χ0n) is 16.1. The van der Waals surface area contributed by atoms with Gasteiger partial charge in [-0.15, -0.1) is 0 Å². The fourth-order valence-corrected chi connectivity index (χ4v) is 4.37. The monoisotopic (exact) mass is 408 g/mol. The highest BCUT2D eigenvalue weighted by molar-refractivity contribution is 7.89. The fourth-order valence-electron chi connectivity index (χ4n) is 2.83. The van der Waals surface area contributed by atoms with Gasteiger partial charge >= 0.3 is 0 Å². The van der Waals surface area contributed by atoms with Gasteiger partial charge in [-0.05, 0) is 43.2 Å². The van der Waals surface area contributed by atoms with Crippen molar-refractivity contribution in [3.63, 3.8) is 0 Å². The van der Waals surface area contributed by atoms with E-state index in [1.165, 1.54) is 26.2 Å². The quantitative estimate of drug-likeness (QED) is 0.541. The van der Waals surface area contributed by atoms with E-state index in [-0.39, 0.29) is 18.0 Å². The zero-order chi connectivity index (χ0) is 20.7. The molecule has 3 atom stereocenters. The second-order valence-electron chi connectivity index (χ2n) is 6.77. The SMILES string of the molecule is COc1ccc(S(=O)(=O)N(C[C@@H](O)[C@@H](N)Cc2ccccc2)C[C@@H](C)O)cc1. The highest BCUT2D eigenvalue weighted by atomic mass is 32.2. The van der Waals surface area contributed by atoms with E-state index in [1.54, 1.807) is 12.1 Å². The van der Waals surface area contributed by atoms with E-state index in [9.17, 15) is 18.6 Å². The summed E-state index contributed by atoms with van der Waals surface area (Å²) in [6.07, 6.45) is -1.58. The lowest BCUT2D eigenvalue weighted by Gasteiger charge is -2.28. The molecule has 0 saturated heterocycles. The largest absolute Gasteiger partial charge is 0.497 e. The minimum atomic E-state index is -3.92. The Labute approximate surface area is 166 Å². The van der Waals surface area contributed by atoms with Crippen LogP contribution in [-0.4, -0.2) is 61.4 Å². The van der Waals surface area contributed by atoms with Crippen molar-refractivity contribution in [1.82, 2.24) is 4.31 Å². The molecule has 0 spiro atoms. The number of hydrogen-bond acceptors (Lipinski definition) is 6. The number of aliphatic hydroxyl groups excluding tert-OH is 2. The smallest absolute Gasteiger partial charge is 0.243 e. The Kier molecular flexibility index (Phi) is 7.97. The number of methoxy groups -OCH3 is 1. The highest BCUT2D eigenvalue weighted by Gasteiger charge is 2.29. The first-order chi connectivity index (χ1) is 13.2. The molecule has 0 saturated carbocycles. The molecule has 0 unspecified atom stereocenters. The van der Waals surface area contributed by atoms with Crippen molar-refractivity contribution in [2.45, 2.75) is 36.5 Å². The van der Waals surface area contributed by atoms with Crippen molar-refractivity contribution in [2.24, 2.45) is 5.73 Å². The number of hydrogen-bond donors (Lipinski definition) is 3. The number of nitrogens with zero attached hydrogens (tertiary/aromatic N) is 1. The molecule has 2 aromatic rings. The molecular weight excluding hydrogens is 380 g/mol. The van der Waals surface area contributed by atoms with Gasteiger partial charge < -0.3 is 20.7 Å². The molecule has 0 aliphatic carbocycles. The summed E-state index contributed by atoms with van der Waals surface area (Å²) in [6, 6.07) is 14.7. The van der Waals surface area contributed by atoms with E-state index in [2.05, 4.69) is 0 Å². The molecule has 0 aliphatic rings. The molecule has 4 N–H and O–H groups in total. The average molecular weight is 409 g/mol. The van der Waals surface area contributed by atoms with Crippen LogP contribution in [0.4, 0.5) is 0 Å². The molecule has 0 aliphatic heterocycles. The second-order valence-corrected chi connectivity index (χ2v) is 8.71. The van der Waals surface area contributed by atoms with Gasteiger partial charge in [-0.25, -0.2) is 8.42 Å². The first kappa shape index (κ1) is 22.3. The Morgan fingerprint density at radius 3 is 2.18 bits per heavy atom. The Balaban J connectivity index is 2.17. The van der Waals surface area contributed by atoms with E-state index in [0.29, 0.717) is 12.2 Å². The summed E-state index contributed by atoms with van der Waals surface area (Å²) in [5.41, 5.74) is 7.05. The normalized spacial score (nSPS) is 15.2. The lowest BCUT2D eigenvalue weighted by molar-refractivity contribution is 0.0985. The minimum absolute atomic E-state index is 0.0535. The molecule has 0 amide bonds. The van der Waals surface area contributed by atoms with Crippen molar-refractivity contribution < 1.29 is 23.4 Å². The van der Waals surface area contributed by atoms with Gasteiger partial charge in [0, 0.05) is 19.1 Å². The molecule has 7 nitrogen and oxygen atoms in total. The molecule has 0 fully saturated rings. The summed E-state index contributed by atoms with van der Waals surface area (Å²) < 4.78 is 32.1. The average Bonchev–Trinajstić information content (AvgIpc) is 2.67. The molecule has 8 heteroatoms. The summed E-state index contributed by atoms with van der Waals surface area (Å²) in [5.74, 6) is 0.533. The van der Waals surface area contributed by atoms with Gasteiger partial charge in [0.1, 0.15) is 5.75 Å². The van der Waals surface area contributed by atoms with Crippen LogP contribution in [-0.2, 0) is 16.4 Å². The van der Waals surface area contributed by atoms with Crippen LogP contribution in [0, 0.1) is 0 Å². The van der Waals surface area contributed by atoms with Gasteiger partial charge in [-0.3, -0.25) is 0 Å². The first-order valence-corrected chi connectivity index (χ1v) is 10.5. The molecule has 0 heterocycles. The van der Waals surface area contributed by atoms with Crippen LogP contribution in [0.25, 0.3) is 0 Å². The zero-order valence-corrected chi connectivity index (χ0v) is 16.9. The maximum Gasteiger partial charge on any atom is 0.243 e. The van der Waals surface area contributed by atoms with Crippen molar-refractivity contribution in [3.8, 4) is 5.75 Å². The predicted molar refractivity (Wildman–Crippen MR) is 108 cm³/mol. The topological polar surface area (TPSA) is 113 Å². The lowest BCUT2D eigenvalue weighted by Crippen LogP contribution is -2.48. The standard InChI is InChI=1S/C20H28N2O5S/c1-15(23)13-22(28(25,26)18-10-8-17(27-2)9-11-18)14-20(24)19(21)12-16-6-4-3-5-7-16/h3-11,15,19-20,23-24H,12-14,21H2,1-2H3/t15-,19+,20-/m1/s1. The number of aliphatic hydroxyl groups is 2. The van der Waals surface area contributed by atoms with Crippen molar-refractivity contribution in [2.75, 3.05) is 20.2 Å². The van der Waals surface area contributed by atoms with E-state index < -0.39 is 28.3 Å². The lowest BCUT2D eigenvalue weighted by atomic mass is 10.0. The van der Waals surface area contributed by atoms with Crippen LogP contribution in [0.3, 0.4) is 0 Å². The number of rotatable bonds is 10. The van der Waals surface area contributed by atoms with Gasteiger partial charge in [-0.2, -0.15) is 4.31 Å². The summed E-state index contributed by atoms with van der Waals surface area (Å²) >= 11 is 0. The molecular formula is C20H28N2O5S. The Morgan fingerprint density at radius 1 is 1.04 bits per heavy atom. The summed E-state index contributed by atoms with van der Waals surface area (Å²) in [7, 11) is -2.43. The second kappa shape index (κ2) is 9.99. The number of ether oxygens (including phenoxy) is 1. The van der Waals surface area contributed by atoms with Gasteiger partial charge in [0.05, 0.1) is 24.2 Å². The Morgan fingerprint density at radius 2 is 1.64 bits per heavy atom. The van der Waals surface area contributed by atoms with Crippen LogP contribution >= 0.6 is 0 Å². The summed E-state index contributed by atoms with van der Waals surface area (Å²) in [6.45, 7) is 1.13. The fraction of sp³-hybridized carbons (Fsp3) is 0.400. The van der Waals surface area contributed by atoms with Crippen LogP contribution in [0.5, 0.6) is 5.75 Å². The minimum Gasteiger partial charge on any atom is -0.497 e. The molecule has 0 bridgehead atoms. The van der Waals surface area contributed by atoms with Gasteiger partial charge in [-0.1, -0.05) is 30.3 Å². The van der Waals surface area contributed by atoms with Gasteiger partial charge in [0.15, 0.2) is 0 Å².